The van der Waals surface area contributed by atoms with Crippen LogP contribution in [-0.4, -0.2) is 33.6 Å². The van der Waals surface area contributed by atoms with Gasteiger partial charge in [0, 0.05) is 43.6 Å². The van der Waals surface area contributed by atoms with Gasteiger partial charge in [-0.15, -0.1) is 5.10 Å². The smallest absolute Gasteiger partial charge is 0.134 e. The van der Waals surface area contributed by atoms with Crippen LogP contribution in [0.2, 0.25) is 0 Å². The van der Waals surface area contributed by atoms with Crippen molar-refractivity contribution in [2.45, 2.75) is 39.8 Å². The van der Waals surface area contributed by atoms with Gasteiger partial charge in [-0.3, -0.25) is 4.90 Å². The topological polar surface area (TPSA) is 64.8 Å². The third-order valence-corrected chi connectivity index (χ3v) is 3.21. The molecule has 0 saturated heterocycles. The van der Waals surface area contributed by atoms with E-state index < -0.39 is 0 Å². The van der Waals surface area contributed by atoms with Crippen molar-refractivity contribution in [3.05, 3.63) is 5.69 Å². The minimum Gasteiger partial charge on any atom is -0.374 e. The molecule has 17 heavy (non-hydrogen) atoms. The van der Waals surface area contributed by atoms with Crippen molar-refractivity contribution in [3.8, 4) is 6.07 Å². The highest BCUT2D eigenvalue weighted by Crippen LogP contribution is 2.20. The fraction of sp³-hybridized carbons (Fsp3) is 0.727. The first-order valence-corrected chi connectivity index (χ1v) is 6.62. The molecule has 0 saturated carbocycles. The van der Waals surface area contributed by atoms with E-state index >= 15 is 0 Å². The Morgan fingerprint density at radius 2 is 2.29 bits per heavy atom. The number of nitrogens with zero attached hydrogens (tertiary/aromatic N) is 4. The van der Waals surface area contributed by atoms with Gasteiger partial charge < -0.3 is 5.32 Å². The summed E-state index contributed by atoms with van der Waals surface area (Å²) >= 11 is 1.39. The predicted octanol–water partition coefficient (Wildman–Crippen LogP) is 2.09. The van der Waals surface area contributed by atoms with Gasteiger partial charge in [-0.2, -0.15) is 5.26 Å². The van der Waals surface area contributed by atoms with Gasteiger partial charge in [0.15, 0.2) is 0 Å². The van der Waals surface area contributed by atoms with Crippen LogP contribution in [0.25, 0.3) is 0 Å². The number of nitrogens with one attached hydrogen (secondary N) is 1. The molecule has 0 spiro atoms. The first kappa shape index (κ1) is 13.9. The van der Waals surface area contributed by atoms with Gasteiger partial charge in [-0.25, -0.2) is 0 Å². The van der Waals surface area contributed by atoms with Crippen LogP contribution in [0.1, 0.15) is 32.9 Å². The molecule has 0 atom stereocenters. The van der Waals surface area contributed by atoms with Crippen LogP contribution in [0.4, 0.5) is 5.00 Å². The van der Waals surface area contributed by atoms with E-state index in [1.165, 1.54) is 11.5 Å². The van der Waals surface area contributed by atoms with E-state index in [2.05, 4.69) is 46.6 Å². The average molecular weight is 253 g/mol. The monoisotopic (exact) mass is 253 g/mol. The van der Waals surface area contributed by atoms with Crippen molar-refractivity contribution in [2.75, 3.05) is 18.4 Å². The standard InChI is InChI=1S/C11H19N5S/c1-4-13-11-10(14-15-17-11)8-16(9(2)3)7-5-6-12/h9,13H,4-5,7-8H2,1-3H3. The normalized spacial score (nSPS) is 10.8. The van der Waals surface area contributed by atoms with E-state index in [9.17, 15) is 0 Å². The predicted molar refractivity (Wildman–Crippen MR) is 69.8 cm³/mol. The number of anilines is 1. The molecular weight excluding hydrogens is 234 g/mol. The molecule has 0 fully saturated rings. The summed E-state index contributed by atoms with van der Waals surface area (Å²) in [5.74, 6) is 0. The summed E-state index contributed by atoms with van der Waals surface area (Å²) < 4.78 is 3.97. The highest BCUT2D eigenvalue weighted by atomic mass is 32.1. The first-order chi connectivity index (χ1) is 8.19. The quantitative estimate of drug-likeness (QED) is 0.806. The lowest BCUT2D eigenvalue weighted by atomic mass is 10.2. The van der Waals surface area contributed by atoms with E-state index in [1.807, 2.05) is 0 Å². The van der Waals surface area contributed by atoms with Crippen molar-refractivity contribution in [2.24, 2.45) is 0 Å². The summed E-state index contributed by atoms with van der Waals surface area (Å²) in [5, 5.41) is 17.1. The molecule has 5 nitrogen and oxygen atoms in total. The van der Waals surface area contributed by atoms with E-state index in [-0.39, 0.29) is 0 Å². The van der Waals surface area contributed by atoms with E-state index in [0.29, 0.717) is 12.5 Å². The van der Waals surface area contributed by atoms with Crippen LogP contribution >= 0.6 is 11.5 Å². The molecule has 0 bridgehead atoms. The van der Waals surface area contributed by atoms with Crippen molar-refractivity contribution < 1.29 is 0 Å². The van der Waals surface area contributed by atoms with E-state index in [4.69, 9.17) is 5.26 Å². The van der Waals surface area contributed by atoms with Crippen molar-refractivity contribution in [1.82, 2.24) is 14.5 Å². The largest absolute Gasteiger partial charge is 0.374 e. The molecule has 0 aromatic carbocycles. The molecule has 1 rings (SSSR count). The second kappa shape index (κ2) is 7.20. The van der Waals surface area contributed by atoms with Gasteiger partial charge in [0.2, 0.25) is 0 Å². The zero-order chi connectivity index (χ0) is 12.7. The Kier molecular flexibility index (Phi) is 5.87. The Labute approximate surface area is 107 Å². The van der Waals surface area contributed by atoms with E-state index in [0.717, 1.165) is 30.3 Å². The number of hydrogen-bond acceptors (Lipinski definition) is 6. The van der Waals surface area contributed by atoms with Gasteiger partial charge in [-0.05, 0) is 20.8 Å². The zero-order valence-corrected chi connectivity index (χ0v) is 11.4. The van der Waals surface area contributed by atoms with Crippen LogP contribution in [0.15, 0.2) is 0 Å². The summed E-state index contributed by atoms with van der Waals surface area (Å²) in [5.41, 5.74) is 0.975. The summed E-state index contributed by atoms with van der Waals surface area (Å²) in [6.07, 6.45) is 0.548. The Hall–Kier alpha value is -1.19. The zero-order valence-electron chi connectivity index (χ0n) is 10.6. The number of hydrogen-bond donors (Lipinski definition) is 1. The molecule has 0 unspecified atom stereocenters. The van der Waals surface area contributed by atoms with E-state index in [1.54, 1.807) is 0 Å². The molecule has 0 amide bonds. The van der Waals surface area contributed by atoms with Crippen LogP contribution in [0, 0.1) is 11.3 Å². The van der Waals surface area contributed by atoms with Crippen LogP contribution in [-0.2, 0) is 6.54 Å². The highest BCUT2D eigenvalue weighted by molar-refractivity contribution is 7.10. The summed E-state index contributed by atoms with van der Waals surface area (Å²) in [4.78, 5) is 2.24. The van der Waals surface area contributed by atoms with Crippen LogP contribution in [0.5, 0.6) is 0 Å². The summed E-state index contributed by atoms with van der Waals surface area (Å²) in [7, 11) is 0. The number of aromatic nitrogens is 2. The fourth-order valence-electron chi connectivity index (χ4n) is 1.51. The molecule has 0 aliphatic carbocycles. The Morgan fingerprint density at radius 3 is 2.88 bits per heavy atom. The number of rotatable bonds is 7. The second-order valence-electron chi connectivity index (χ2n) is 4.05. The minimum atomic E-state index is 0.402. The molecule has 1 aromatic heterocycles. The van der Waals surface area contributed by atoms with Crippen molar-refractivity contribution in [3.63, 3.8) is 0 Å². The van der Waals surface area contributed by atoms with Gasteiger partial charge in [0.1, 0.15) is 10.7 Å². The van der Waals surface area contributed by atoms with Gasteiger partial charge in [-0.1, -0.05) is 4.49 Å². The summed E-state index contributed by atoms with van der Waals surface area (Å²) in [6.45, 7) is 8.71. The average Bonchev–Trinajstić information content (AvgIpc) is 2.72. The maximum Gasteiger partial charge on any atom is 0.134 e. The molecule has 94 valence electrons. The molecule has 0 radical (unpaired) electrons. The molecular formula is C11H19N5S. The maximum atomic E-state index is 8.65. The third kappa shape index (κ3) is 4.29. The second-order valence-corrected chi connectivity index (χ2v) is 4.81. The third-order valence-electron chi connectivity index (χ3n) is 2.49. The van der Waals surface area contributed by atoms with Crippen molar-refractivity contribution in [1.29, 1.82) is 5.26 Å². The first-order valence-electron chi connectivity index (χ1n) is 5.85. The molecule has 6 heteroatoms. The van der Waals surface area contributed by atoms with Crippen LogP contribution < -0.4 is 5.32 Å². The lowest BCUT2D eigenvalue weighted by molar-refractivity contribution is 0.215. The molecule has 1 aromatic rings. The maximum absolute atomic E-state index is 8.65. The lowest BCUT2D eigenvalue weighted by Crippen LogP contribution is -2.31. The van der Waals surface area contributed by atoms with Crippen LogP contribution in [0.3, 0.4) is 0 Å². The van der Waals surface area contributed by atoms with Gasteiger partial charge in [0.05, 0.1) is 6.07 Å². The van der Waals surface area contributed by atoms with Crippen molar-refractivity contribution >= 4 is 16.5 Å². The van der Waals surface area contributed by atoms with Gasteiger partial charge in [0.25, 0.3) is 0 Å². The Bertz CT molecular complexity index is 368. The molecule has 1 N–H and O–H groups in total. The fourth-order valence-corrected chi connectivity index (χ4v) is 2.15. The van der Waals surface area contributed by atoms with Gasteiger partial charge >= 0.3 is 0 Å². The Balaban J connectivity index is 2.65. The number of nitriles is 1. The highest BCUT2D eigenvalue weighted by Gasteiger charge is 2.14. The molecule has 0 aliphatic heterocycles. The Morgan fingerprint density at radius 1 is 1.53 bits per heavy atom. The lowest BCUT2D eigenvalue weighted by Gasteiger charge is -2.24. The molecule has 1 heterocycles. The SMILES string of the molecule is CCNc1snnc1CN(CCC#N)C(C)C. The summed E-state index contributed by atoms with van der Waals surface area (Å²) in [6, 6.07) is 2.58. The molecule has 0 aliphatic rings. The minimum absolute atomic E-state index is 0.402.